The number of aliphatic hydroxyl groups is 1. The van der Waals surface area contributed by atoms with Gasteiger partial charge < -0.3 is 5.11 Å². The first kappa shape index (κ1) is 12.3. The molecule has 0 saturated carbocycles. The summed E-state index contributed by atoms with van der Waals surface area (Å²) in [5, 5.41) is 13.6. The molecule has 0 spiro atoms. The summed E-state index contributed by atoms with van der Waals surface area (Å²) >= 11 is 1.37. The van der Waals surface area contributed by atoms with Crippen LogP contribution in [0.2, 0.25) is 0 Å². The van der Waals surface area contributed by atoms with Crippen LogP contribution in [-0.2, 0) is 0 Å². The number of hydrogen-bond donors (Lipinski definition) is 2. The Morgan fingerprint density at radius 1 is 1.39 bits per heavy atom. The molecule has 0 fully saturated rings. The van der Waals surface area contributed by atoms with Crippen molar-refractivity contribution < 1.29 is 9.90 Å². The molecule has 5 heteroatoms. The zero-order valence-corrected chi connectivity index (χ0v) is 10.2. The average Bonchev–Trinajstić information content (AvgIpc) is 2.89. The second-order valence-electron chi connectivity index (χ2n) is 3.33. The van der Waals surface area contributed by atoms with E-state index in [0.29, 0.717) is 10.7 Å². The molecule has 18 heavy (non-hydrogen) atoms. The van der Waals surface area contributed by atoms with Crippen molar-refractivity contribution in [1.82, 2.24) is 4.98 Å². The SMILES string of the molecule is O=C(Nc1nccs1)c1ccc(C#CCO)cc1. The number of nitrogens with zero attached hydrogens (tertiary/aromatic N) is 1. The molecule has 0 aliphatic heterocycles. The second-order valence-corrected chi connectivity index (χ2v) is 4.22. The van der Waals surface area contributed by atoms with Gasteiger partial charge in [0.1, 0.15) is 6.61 Å². The summed E-state index contributed by atoms with van der Waals surface area (Å²) in [5.41, 5.74) is 1.30. The van der Waals surface area contributed by atoms with E-state index in [4.69, 9.17) is 5.11 Å². The van der Waals surface area contributed by atoms with E-state index in [1.54, 1.807) is 35.8 Å². The minimum Gasteiger partial charge on any atom is -0.384 e. The monoisotopic (exact) mass is 258 g/mol. The molecule has 1 heterocycles. The molecule has 2 rings (SSSR count). The fourth-order valence-electron chi connectivity index (χ4n) is 1.30. The third-order valence-corrected chi connectivity index (χ3v) is 2.80. The van der Waals surface area contributed by atoms with Gasteiger partial charge in [0.05, 0.1) is 0 Å². The first-order valence-corrected chi connectivity index (χ1v) is 6.08. The van der Waals surface area contributed by atoms with Crippen LogP contribution in [0.4, 0.5) is 5.13 Å². The van der Waals surface area contributed by atoms with Gasteiger partial charge in [-0.25, -0.2) is 4.98 Å². The molecule has 4 nitrogen and oxygen atoms in total. The van der Waals surface area contributed by atoms with Gasteiger partial charge in [-0.3, -0.25) is 10.1 Å². The Morgan fingerprint density at radius 3 is 2.78 bits per heavy atom. The molecule has 0 aliphatic rings. The van der Waals surface area contributed by atoms with Gasteiger partial charge in [0.25, 0.3) is 5.91 Å². The van der Waals surface area contributed by atoms with E-state index in [-0.39, 0.29) is 12.5 Å². The van der Waals surface area contributed by atoms with E-state index < -0.39 is 0 Å². The van der Waals surface area contributed by atoms with Crippen LogP contribution in [0.5, 0.6) is 0 Å². The van der Waals surface area contributed by atoms with Crippen LogP contribution in [-0.4, -0.2) is 22.6 Å². The van der Waals surface area contributed by atoms with Crippen molar-refractivity contribution in [3.63, 3.8) is 0 Å². The zero-order valence-electron chi connectivity index (χ0n) is 9.38. The summed E-state index contributed by atoms with van der Waals surface area (Å²) in [5.74, 6) is 5.11. The molecule has 2 N–H and O–H groups in total. The van der Waals surface area contributed by atoms with E-state index in [1.807, 2.05) is 0 Å². The Kier molecular flexibility index (Phi) is 4.07. The first-order valence-electron chi connectivity index (χ1n) is 5.20. The number of nitrogens with one attached hydrogen (secondary N) is 1. The molecule has 1 amide bonds. The molecule has 0 bridgehead atoms. The molecule has 1 aromatic heterocycles. The molecule has 2 aromatic rings. The van der Waals surface area contributed by atoms with Gasteiger partial charge in [-0.2, -0.15) is 0 Å². The average molecular weight is 258 g/mol. The third kappa shape index (κ3) is 3.17. The minimum absolute atomic E-state index is 0.174. The summed E-state index contributed by atoms with van der Waals surface area (Å²) in [6, 6.07) is 6.84. The van der Waals surface area contributed by atoms with Crippen molar-refractivity contribution in [2.45, 2.75) is 0 Å². The molecule has 0 aliphatic carbocycles. The number of carbonyl (C=O) groups excluding carboxylic acids is 1. The van der Waals surface area contributed by atoms with Crippen molar-refractivity contribution >= 4 is 22.4 Å². The Labute approximate surface area is 108 Å². The van der Waals surface area contributed by atoms with Crippen molar-refractivity contribution in [3.05, 3.63) is 47.0 Å². The van der Waals surface area contributed by atoms with Gasteiger partial charge in [-0.05, 0) is 24.3 Å². The van der Waals surface area contributed by atoms with E-state index in [2.05, 4.69) is 22.1 Å². The highest BCUT2D eigenvalue weighted by Gasteiger charge is 2.06. The van der Waals surface area contributed by atoms with Crippen LogP contribution in [0.15, 0.2) is 35.8 Å². The van der Waals surface area contributed by atoms with Crippen LogP contribution in [0.3, 0.4) is 0 Å². The lowest BCUT2D eigenvalue weighted by atomic mass is 10.1. The minimum atomic E-state index is -0.202. The summed E-state index contributed by atoms with van der Waals surface area (Å²) in [6.45, 7) is -0.174. The fraction of sp³-hybridized carbons (Fsp3) is 0.0769. The largest absolute Gasteiger partial charge is 0.384 e. The lowest BCUT2D eigenvalue weighted by molar-refractivity contribution is 0.102. The van der Waals surface area contributed by atoms with E-state index in [1.165, 1.54) is 11.3 Å². The van der Waals surface area contributed by atoms with Crippen LogP contribution in [0, 0.1) is 11.8 Å². The second kappa shape index (κ2) is 5.96. The lowest BCUT2D eigenvalue weighted by Gasteiger charge is -2.01. The number of carbonyl (C=O) groups is 1. The van der Waals surface area contributed by atoms with E-state index in [9.17, 15) is 4.79 Å². The predicted molar refractivity (Wildman–Crippen MR) is 70.5 cm³/mol. The smallest absolute Gasteiger partial charge is 0.257 e. The highest BCUT2D eigenvalue weighted by molar-refractivity contribution is 7.13. The molecule has 0 atom stereocenters. The van der Waals surface area contributed by atoms with Crippen LogP contribution < -0.4 is 5.32 Å². The molecule has 1 aromatic carbocycles. The van der Waals surface area contributed by atoms with Crippen LogP contribution in [0.25, 0.3) is 0 Å². The van der Waals surface area contributed by atoms with Crippen LogP contribution in [0.1, 0.15) is 15.9 Å². The number of anilines is 1. The number of thiazole rings is 1. The number of hydrogen-bond acceptors (Lipinski definition) is 4. The summed E-state index contributed by atoms with van der Waals surface area (Å²) in [4.78, 5) is 15.8. The van der Waals surface area contributed by atoms with Crippen molar-refractivity contribution in [2.75, 3.05) is 11.9 Å². The van der Waals surface area contributed by atoms with Crippen molar-refractivity contribution in [3.8, 4) is 11.8 Å². The van der Waals surface area contributed by atoms with Gasteiger partial charge in [0.15, 0.2) is 5.13 Å². The van der Waals surface area contributed by atoms with E-state index in [0.717, 1.165) is 5.56 Å². The van der Waals surface area contributed by atoms with Crippen molar-refractivity contribution in [2.24, 2.45) is 0 Å². The van der Waals surface area contributed by atoms with Gasteiger partial charge >= 0.3 is 0 Å². The number of rotatable bonds is 2. The number of benzene rings is 1. The normalized spacial score (nSPS) is 9.39. The Balaban J connectivity index is 2.07. The Morgan fingerprint density at radius 2 is 2.17 bits per heavy atom. The highest BCUT2D eigenvalue weighted by Crippen LogP contribution is 2.12. The number of aromatic nitrogens is 1. The molecule has 0 unspecified atom stereocenters. The first-order chi connectivity index (χ1) is 8.79. The summed E-state index contributed by atoms with van der Waals surface area (Å²) in [6.07, 6.45) is 1.63. The standard InChI is InChI=1S/C13H10N2O2S/c16-8-1-2-10-3-5-11(6-4-10)12(17)15-13-14-7-9-18-13/h3-7,9,16H,8H2,(H,14,15,17). The van der Waals surface area contributed by atoms with Gasteiger partial charge in [0, 0.05) is 22.7 Å². The Bertz CT molecular complexity index is 580. The maximum Gasteiger partial charge on any atom is 0.257 e. The maximum absolute atomic E-state index is 11.8. The molecular formula is C13H10N2O2S. The van der Waals surface area contributed by atoms with Crippen LogP contribution >= 0.6 is 11.3 Å². The molecule has 0 saturated heterocycles. The summed E-state index contributed by atoms with van der Waals surface area (Å²) < 4.78 is 0. The maximum atomic E-state index is 11.8. The number of amides is 1. The molecule has 0 radical (unpaired) electrons. The third-order valence-electron chi connectivity index (χ3n) is 2.11. The highest BCUT2D eigenvalue weighted by atomic mass is 32.1. The molecule has 90 valence electrons. The fourth-order valence-corrected chi connectivity index (χ4v) is 1.82. The number of aliphatic hydroxyl groups excluding tert-OH is 1. The lowest BCUT2D eigenvalue weighted by Crippen LogP contribution is -2.11. The molecular weight excluding hydrogens is 248 g/mol. The topological polar surface area (TPSA) is 62.2 Å². The quantitative estimate of drug-likeness (QED) is 0.806. The summed E-state index contributed by atoms with van der Waals surface area (Å²) in [7, 11) is 0. The van der Waals surface area contributed by atoms with Gasteiger partial charge in [-0.15, -0.1) is 11.3 Å². The Hall–Kier alpha value is -2.16. The predicted octanol–water partition coefficient (Wildman–Crippen LogP) is 1.74. The van der Waals surface area contributed by atoms with Gasteiger partial charge in [-0.1, -0.05) is 11.8 Å². The van der Waals surface area contributed by atoms with Crippen molar-refractivity contribution in [1.29, 1.82) is 0 Å². The zero-order chi connectivity index (χ0) is 12.8. The van der Waals surface area contributed by atoms with E-state index >= 15 is 0 Å². The van der Waals surface area contributed by atoms with Gasteiger partial charge in [0.2, 0.25) is 0 Å².